The fourth-order valence-electron chi connectivity index (χ4n) is 4.12. The Bertz CT molecular complexity index is 1060. The van der Waals surface area contributed by atoms with Gasteiger partial charge in [0, 0.05) is 23.5 Å². The number of nitrogens with zero attached hydrogens (tertiary/aromatic N) is 1. The first-order chi connectivity index (χ1) is 16.0. The average molecular weight is 473 g/mol. The summed E-state index contributed by atoms with van der Waals surface area (Å²) in [5.74, 6) is 0.257. The molecule has 1 aliphatic heterocycles. The Morgan fingerprint density at radius 3 is 2.61 bits per heavy atom. The monoisotopic (exact) mass is 472 g/mol. The molecular formula is C24H28N2O6S. The highest BCUT2D eigenvalue weighted by atomic mass is 32.1. The molecule has 1 N–H and O–H groups in total. The maximum Gasteiger partial charge on any atom is 0.262 e. The van der Waals surface area contributed by atoms with E-state index in [9.17, 15) is 14.4 Å². The quantitative estimate of drug-likeness (QED) is 0.622. The minimum absolute atomic E-state index is 0.0459. The van der Waals surface area contributed by atoms with Crippen LogP contribution in [-0.2, 0) is 22.4 Å². The van der Waals surface area contributed by atoms with Crippen LogP contribution in [0.15, 0.2) is 18.2 Å². The van der Waals surface area contributed by atoms with Crippen LogP contribution in [0.3, 0.4) is 0 Å². The number of ether oxygens (including phenoxy) is 3. The molecule has 2 amide bonds. The van der Waals surface area contributed by atoms with Crippen LogP contribution in [0.4, 0.5) is 5.00 Å². The van der Waals surface area contributed by atoms with Crippen molar-refractivity contribution in [2.24, 2.45) is 0 Å². The predicted molar refractivity (Wildman–Crippen MR) is 125 cm³/mol. The molecule has 1 aromatic carbocycles. The van der Waals surface area contributed by atoms with Crippen LogP contribution in [0.1, 0.15) is 50.9 Å². The van der Waals surface area contributed by atoms with E-state index in [4.69, 9.17) is 14.2 Å². The Morgan fingerprint density at radius 2 is 1.88 bits per heavy atom. The lowest BCUT2D eigenvalue weighted by molar-refractivity contribution is -0.118. The highest BCUT2D eigenvalue weighted by Gasteiger charge is 2.30. The summed E-state index contributed by atoms with van der Waals surface area (Å²) < 4.78 is 16.3. The number of rotatable bonds is 7. The number of aryl methyl sites for hydroxylation is 1. The van der Waals surface area contributed by atoms with E-state index in [-0.39, 0.29) is 24.2 Å². The largest absolute Gasteiger partial charge is 0.493 e. The van der Waals surface area contributed by atoms with Gasteiger partial charge in [-0.15, -0.1) is 11.3 Å². The summed E-state index contributed by atoms with van der Waals surface area (Å²) >= 11 is 1.49. The highest BCUT2D eigenvalue weighted by molar-refractivity contribution is 7.17. The number of morpholine rings is 1. The first-order valence-corrected chi connectivity index (χ1v) is 11.9. The summed E-state index contributed by atoms with van der Waals surface area (Å²) in [5.41, 5.74) is 2.19. The zero-order chi connectivity index (χ0) is 23.4. The predicted octanol–water partition coefficient (Wildman–Crippen LogP) is 3.33. The maximum atomic E-state index is 13.3. The van der Waals surface area contributed by atoms with Crippen molar-refractivity contribution < 1.29 is 28.6 Å². The number of nitrogens with one attached hydrogen (secondary N) is 1. The second kappa shape index (κ2) is 10.4. The van der Waals surface area contributed by atoms with E-state index >= 15 is 0 Å². The van der Waals surface area contributed by atoms with E-state index in [1.54, 1.807) is 23.1 Å². The summed E-state index contributed by atoms with van der Waals surface area (Å²) in [7, 11) is 1.48. The van der Waals surface area contributed by atoms with Gasteiger partial charge in [-0.2, -0.15) is 0 Å². The molecule has 2 aliphatic rings. The fourth-order valence-corrected chi connectivity index (χ4v) is 5.41. The number of hydrogen-bond donors (Lipinski definition) is 1. The highest BCUT2D eigenvalue weighted by Crippen LogP contribution is 2.39. The van der Waals surface area contributed by atoms with Crippen LogP contribution in [-0.4, -0.2) is 62.5 Å². The van der Waals surface area contributed by atoms with Crippen molar-refractivity contribution in [3.63, 3.8) is 0 Å². The lowest BCUT2D eigenvalue weighted by Gasteiger charge is -2.27. The molecule has 9 heteroatoms. The number of anilines is 1. The van der Waals surface area contributed by atoms with Crippen LogP contribution in [0.25, 0.3) is 0 Å². The molecule has 1 fully saturated rings. The zero-order valence-corrected chi connectivity index (χ0v) is 19.7. The number of fused-ring (bicyclic) bond motifs is 1. The van der Waals surface area contributed by atoms with E-state index < -0.39 is 0 Å². The number of benzene rings is 1. The summed E-state index contributed by atoms with van der Waals surface area (Å²) in [6, 6.07) is 4.83. The van der Waals surface area contributed by atoms with Gasteiger partial charge in [0.15, 0.2) is 23.9 Å². The molecule has 0 unspecified atom stereocenters. The Balaban J connectivity index is 1.49. The first kappa shape index (κ1) is 23.3. The lowest BCUT2D eigenvalue weighted by Crippen LogP contribution is -2.41. The summed E-state index contributed by atoms with van der Waals surface area (Å²) in [5, 5.41) is 3.49. The van der Waals surface area contributed by atoms with Gasteiger partial charge in [0.05, 0.1) is 25.9 Å². The summed E-state index contributed by atoms with van der Waals surface area (Å²) in [6.07, 6.45) is 3.91. The second-order valence-corrected chi connectivity index (χ2v) is 9.18. The normalized spacial score (nSPS) is 15.5. The van der Waals surface area contributed by atoms with Crippen LogP contribution < -0.4 is 14.8 Å². The van der Waals surface area contributed by atoms with Crippen LogP contribution in [0, 0.1) is 0 Å². The van der Waals surface area contributed by atoms with Crippen molar-refractivity contribution >= 4 is 33.9 Å². The van der Waals surface area contributed by atoms with Crippen molar-refractivity contribution in [2.75, 3.05) is 45.3 Å². The molecule has 0 atom stereocenters. The molecule has 4 rings (SSSR count). The van der Waals surface area contributed by atoms with E-state index in [0.29, 0.717) is 53.9 Å². The Hall–Kier alpha value is -2.91. The third-order valence-electron chi connectivity index (χ3n) is 5.87. The molecule has 8 nitrogen and oxygen atoms in total. The first-order valence-electron chi connectivity index (χ1n) is 11.1. The summed E-state index contributed by atoms with van der Waals surface area (Å²) in [6.45, 7) is 3.38. The van der Waals surface area contributed by atoms with Gasteiger partial charge in [0.25, 0.3) is 11.8 Å². The van der Waals surface area contributed by atoms with E-state index in [0.717, 1.165) is 31.2 Å². The van der Waals surface area contributed by atoms with Crippen LogP contribution in [0.5, 0.6) is 11.5 Å². The minimum Gasteiger partial charge on any atom is -0.493 e. The van der Waals surface area contributed by atoms with Gasteiger partial charge in [-0.1, -0.05) is 0 Å². The van der Waals surface area contributed by atoms with E-state index in [2.05, 4.69) is 5.32 Å². The smallest absolute Gasteiger partial charge is 0.262 e. The van der Waals surface area contributed by atoms with Gasteiger partial charge in [0.1, 0.15) is 5.00 Å². The average Bonchev–Trinajstić information content (AvgIpc) is 3.20. The molecule has 2 heterocycles. The van der Waals surface area contributed by atoms with Crippen molar-refractivity contribution in [1.82, 2.24) is 4.90 Å². The molecule has 2 aromatic rings. The Labute approximate surface area is 196 Å². The van der Waals surface area contributed by atoms with Crippen molar-refractivity contribution in [3.05, 3.63) is 39.8 Å². The third kappa shape index (κ3) is 5.20. The standard InChI is InChI=1S/C24H28N2O6S/c1-15(27)16-7-8-18(19(13-16)30-2)32-14-21(28)25-23-22(17-5-3-4-6-20(17)33-23)24(29)26-9-11-31-12-10-26/h7-8,13H,3-6,9-12,14H2,1-2H3,(H,25,28). The minimum atomic E-state index is -0.359. The number of amides is 2. The maximum absolute atomic E-state index is 13.3. The number of Topliss-reactive ketones (excluding diaryl/α,β-unsaturated/α-hetero) is 1. The number of ketones is 1. The van der Waals surface area contributed by atoms with Crippen LogP contribution >= 0.6 is 11.3 Å². The number of carbonyl (C=O) groups excluding carboxylic acids is 3. The molecule has 1 aromatic heterocycles. The SMILES string of the molecule is COc1cc(C(C)=O)ccc1OCC(=O)Nc1sc2c(c1C(=O)N1CCOCC1)CCCC2. The molecule has 0 bridgehead atoms. The van der Waals surface area contributed by atoms with E-state index in [1.165, 1.54) is 30.2 Å². The summed E-state index contributed by atoms with van der Waals surface area (Å²) in [4.78, 5) is 40.6. The van der Waals surface area contributed by atoms with Crippen molar-refractivity contribution in [2.45, 2.75) is 32.6 Å². The van der Waals surface area contributed by atoms with Gasteiger partial charge >= 0.3 is 0 Å². The number of methoxy groups -OCH3 is 1. The van der Waals surface area contributed by atoms with Gasteiger partial charge in [-0.05, 0) is 56.4 Å². The Morgan fingerprint density at radius 1 is 1.12 bits per heavy atom. The second-order valence-electron chi connectivity index (χ2n) is 8.08. The van der Waals surface area contributed by atoms with Crippen molar-refractivity contribution in [1.29, 1.82) is 0 Å². The fraction of sp³-hybridized carbons (Fsp3) is 0.458. The molecule has 0 radical (unpaired) electrons. The number of hydrogen-bond acceptors (Lipinski definition) is 7. The van der Waals surface area contributed by atoms with Gasteiger partial charge < -0.3 is 24.4 Å². The van der Waals surface area contributed by atoms with Gasteiger partial charge in [-0.25, -0.2) is 0 Å². The molecule has 1 aliphatic carbocycles. The molecular weight excluding hydrogens is 444 g/mol. The molecule has 33 heavy (non-hydrogen) atoms. The van der Waals surface area contributed by atoms with Gasteiger partial charge in [-0.3, -0.25) is 14.4 Å². The van der Waals surface area contributed by atoms with Crippen molar-refractivity contribution in [3.8, 4) is 11.5 Å². The molecule has 0 spiro atoms. The van der Waals surface area contributed by atoms with Gasteiger partial charge in [0.2, 0.25) is 0 Å². The molecule has 0 saturated carbocycles. The third-order valence-corrected chi connectivity index (χ3v) is 7.07. The number of thiophene rings is 1. The Kier molecular flexibility index (Phi) is 7.29. The van der Waals surface area contributed by atoms with E-state index in [1.807, 2.05) is 0 Å². The molecule has 1 saturated heterocycles. The molecule has 176 valence electrons. The lowest BCUT2D eigenvalue weighted by atomic mass is 9.95. The number of carbonyl (C=O) groups is 3. The topological polar surface area (TPSA) is 94.2 Å². The zero-order valence-electron chi connectivity index (χ0n) is 18.9. The van der Waals surface area contributed by atoms with Crippen LogP contribution in [0.2, 0.25) is 0 Å².